The molecule has 1 aliphatic rings. The summed E-state index contributed by atoms with van der Waals surface area (Å²) in [5.41, 5.74) is 12.8. The van der Waals surface area contributed by atoms with Gasteiger partial charge < -0.3 is 21.3 Å². The van der Waals surface area contributed by atoms with Crippen LogP contribution in [0.2, 0.25) is 0 Å². The molecule has 2 rings (SSSR count). The third-order valence-electron chi connectivity index (χ3n) is 3.68. The molecule has 1 amide bonds. The predicted molar refractivity (Wildman–Crippen MR) is 80.5 cm³/mol. The standard InChI is InChI=1S/C16H18N2O4/c1-7-6-10(4-5-11(7)20)13-12(8(2)19)9(3)22-16(18)14(13)15(17)21/h4-6,13,20H,18H2,1-3H3,(H2,17,21). The number of hydrogen-bond acceptors (Lipinski definition) is 5. The number of Topliss-reactive ketones (excluding diaryl/α,β-unsaturated/α-hetero) is 1. The van der Waals surface area contributed by atoms with E-state index in [1.165, 1.54) is 13.0 Å². The van der Waals surface area contributed by atoms with Crippen LogP contribution in [-0.4, -0.2) is 16.8 Å². The fraction of sp³-hybridized carbons (Fsp3) is 0.250. The number of nitrogens with two attached hydrogens (primary N) is 2. The number of aromatic hydroxyl groups is 1. The number of carbonyl (C=O) groups excluding carboxylic acids is 2. The average molecular weight is 302 g/mol. The summed E-state index contributed by atoms with van der Waals surface area (Å²) in [6.07, 6.45) is 0. The van der Waals surface area contributed by atoms with E-state index in [9.17, 15) is 14.7 Å². The Bertz CT molecular complexity index is 696. The lowest BCUT2D eigenvalue weighted by molar-refractivity contribution is -0.115. The topological polar surface area (TPSA) is 116 Å². The van der Waals surface area contributed by atoms with Gasteiger partial charge in [-0.3, -0.25) is 9.59 Å². The molecule has 1 aliphatic heterocycles. The molecular formula is C16H18N2O4. The summed E-state index contributed by atoms with van der Waals surface area (Å²) in [5, 5.41) is 9.66. The van der Waals surface area contributed by atoms with Crippen LogP contribution in [0, 0.1) is 6.92 Å². The molecule has 1 heterocycles. The van der Waals surface area contributed by atoms with Crippen LogP contribution in [0.3, 0.4) is 0 Å². The molecule has 6 heteroatoms. The third-order valence-corrected chi connectivity index (χ3v) is 3.68. The minimum absolute atomic E-state index is 0.0425. The molecule has 0 fully saturated rings. The number of ketones is 1. The van der Waals surface area contributed by atoms with Crippen molar-refractivity contribution in [2.75, 3.05) is 0 Å². The van der Waals surface area contributed by atoms with Crippen molar-refractivity contribution in [1.29, 1.82) is 0 Å². The first kappa shape index (κ1) is 15.6. The second-order valence-electron chi connectivity index (χ2n) is 5.25. The predicted octanol–water partition coefficient (Wildman–Crippen LogP) is 1.33. The molecule has 0 aromatic heterocycles. The van der Waals surface area contributed by atoms with Gasteiger partial charge in [0.1, 0.15) is 11.5 Å². The molecule has 0 bridgehead atoms. The van der Waals surface area contributed by atoms with Crippen molar-refractivity contribution >= 4 is 11.7 Å². The smallest absolute Gasteiger partial charge is 0.250 e. The van der Waals surface area contributed by atoms with Gasteiger partial charge >= 0.3 is 0 Å². The number of carbonyl (C=O) groups is 2. The highest BCUT2D eigenvalue weighted by atomic mass is 16.5. The zero-order valence-corrected chi connectivity index (χ0v) is 12.6. The number of aryl methyl sites for hydroxylation is 1. The number of primary amides is 1. The molecule has 0 radical (unpaired) electrons. The van der Waals surface area contributed by atoms with E-state index in [-0.39, 0.29) is 23.0 Å². The fourth-order valence-corrected chi connectivity index (χ4v) is 2.67. The van der Waals surface area contributed by atoms with E-state index in [0.717, 1.165) is 0 Å². The molecular weight excluding hydrogens is 284 g/mol. The molecule has 5 N–H and O–H groups in total. The highest BCUT2D eigenvalue weighted by molar-refractivity contribution is 6.02. The number of phenols is 1. The van der Waals surface area contributed by atoms with E-state index in [1.54, 1.807) is 26.0 Å². The number of ether oxygens (including phenoxy) is 1. The molecule has 0 saturated carbocycles. The Morgan fingerprint density at radius 2 is 1.86 bits per heavy atom. The van der Waals surface area contributed by atoms with Crippen molar-refractivity contribution < 1.29 is 19.4 Å². The summed E-state index contributed by atoms with van der Waals surface area (Å²) in [4.78, 5) is 23.8. The van der Waals surface area contributed by atoms with Crippen LogP contribution in [-0.2, 0) is 14.3 Å². The van der Waals surface area contributed by atoms with Crippen LogP contribution >= 0.6 is 0 Å². The van der Waals surface area contributed by atoms with Crippen LogP contribution in [0.5, 0.6) is 5.75 Å². The number of phenolic OH excluding ortho intramolecular Hbond substituents is 1. The first-order valence-corrected chi connectivity index (χ1v) is 6.72. The summed E-state index contributed by atoms with van der Waals surface area (Å²) < 4.78 is 5.31. The van der Waals surface area contributed by atoms with Gasteiger partial charge in [-0.1, -0.05) is 12.1 Å². The van der Waals surface area contributed by atoms with Crippen LogP contribution < -0.4 is 11.5 Å². The highest BCUT2D eigenvalue weighted by Crippen LogP contribution is 2.40. The zero-order chi connectivity index (χ0) is 16.6. The first-order chi connectivity index (χ1) is 10.2. The normalized spacial score (nSPS) is 18.2. The van der Waals surface area contributed by atoms with E-state index in [2.05, 4.69) is 0 Å². The van der Waals surface area contributed by atoms with Crippen molar-refractivity contribution in [3.63, 3.8) is 0 Å². The summed E-state index contributed by atoms with van der Waals surface area (Å²) in [6, 6.07) is 4.82. The largest absolute Gasteiger partial charge is 0.508 e. The maximum atomic E-state index is 12.0. The fourth-order valence-electron chi connectivity index (χ4n) is 2.67. The minimum atomic E-state index is -0.750. The number of hydrogen-bond donors (Lipinski definition) is 3. The Balaban J connectivity index is 2.71. The summed E-state index contributed by atoms with van der Waals surface area (Å²) in [6.45, 7) is 4.73. The quantitative estimate of drug-likeness (QED) is 0.779. The Labute approximate surface area is 128 Å². The molecule has 6 nitrogen and oxygen atoms in total. The Morgan fingerprint density at radius 3 is 2.36 bits per heavy atom. The van der Waals surface area contributed by atoms with Gasteiger partial charge in [-0.15, -0.1) is 0 Å². The van der Waals surface area contributed by atoms with Gasteiger partial charge in [0.25, 0.3) is 5.91 Å². The molecule has 0 saturated heterocycles. The number of amides is 1. The van der Waals surface area contributed by atoms with Gasteiger partial charge in [-0.05, 0) is 38.0 Å². The van der Waals surface area contributed by atoms with E-state index >= 15 is 0 Å². The Morgan fingerprint density at radius 1 is 1.23 bits per heavy atom. The first-order valence-electron chi connectivity index (χ1n) is 6.72. The Kier molecular flexibility index (Phi) is 3.95. The van der Waals surface area contributed by atoms with Crippen LogP contribution in [0.1, 0.15) is 30.9 Å². The number of rotatable bonds is 3. The van der Waals surface area contributed by atoms with Crippen LogP contribution in [0.4, 0.5) is 0 Å². The molecule has 0 aliphatic carbocycles. The Hall–Kier alpha value is -2.76. The minimum Gasteiger partial charge on any atom is -0.508 e. The number of allylic oxidation sites excluding steroid dienone is 2. The highest BCUT2D eigenvalue weighted by Gasteiger charge is 2.36. The van der Waals surface area contributed by atoms with Crippen molar-refractivity contribution in [3.05, 3.63) is 52.1 Å². The van der Waals surface area contributed by atoms with Gasteiger partial charge in [-0.25, -0.2) is 0 Å². The van der Waals surface area contributed by atoms with Crippen molar-refractivity contribution in [1.82, 2.24) is 0 Å². The monoisotopic (exact) mass is 302 g/mol. The van der Waals surface area contributed by atoms with Crippen molar-refractivity contribution in [2.24, 2.45) is 11.5 Å². The lowest BCUT2D eigenvalue weighted by Gasteiger charge is -2.28. The van der Waals surface area contributed by atoms with E-state index in [4.69, 9.17) is 16.2 Å². The molecule has 1 aromatic carbocycles. The molecule has 0 spiro atoms. The lowest BCUT2D eigenvalue weighted by atomic mass is 9.80. The second kappa shape index (κ2) is 5.55. The third kappa shape index (κ3) is 2.55. The summed E-state index contributed by atoms with van der Waals surface area (Å²) >= 11 is 0. The van der Waals surface area contributed by atoms with E-state index < -0.39 is 11.8 Å². The van der Waals surface area contributed by atoms with Gasteiger partial charge in [0.15, 0.2) is 11.7 Å². The number of benzene rings is 1. The van der Waals surface area contributed by atoms with Crippen LogP contribution in [0.15, 0.2) is 41.0 Å². The van der Waals surface area contributed by atoms with Crippen LogP contribution in [0.25, 0.3) is 0 Å². The molecule has 1 aromatic rings. The molecule has 116 valence electrons. The van der Waals surface area contributed by atoms with Gasteiger partial charge in [0, 0.05) is 5.57 Å². The maximum absolute atomic E-state index is 12.0. The molecule has 22 heavy (non-hydrogen) atoms. The van der Waals surface area contributed by atoms with Crippen molar-refractivity contribution in [2.45, 2.75) is 26.7 Å². The summed E-state index contributed by atoms with van der Waals surface area (Å²) in [5.74, 6) is -1.34. The van der Waals surface area contributed by atoms with Crippen molar-refractivity contribution in [3.8, 4) is 5.75 Å². The maximum Gasteiger partial charge on any atom is 0.250 e. The van der Waals surface area contributed by atoms with E-state index in [1.807, 2.05) is 0 Å². The van der Waals surface area contributed by atoms with Gasteiger partial charge in [-0.2, -0.15) is 0 Å². The zero-order valence-electron chi connectivity index (χ0n) is 12.6. The van der Waals surface area contributed by atoms with Gasteiger partial charge in [0.05, 0.1) is 11.5 Å². The second-order valence-corrected chi connectivity index (χ2v) is 5.25. The molecule has 1 unspecified atom stereocenters. The summed E-state index contributed by atoms with van der Waals surface area (Å²) in [7, 11) is 0. The SMILES string of the molecule is CC(=O)C1=C(C)OC(N)=C(C(N)=O)C1c1ccc(O)c(C)c1. The lowest BCUT2D eigenvalue weighted by Crippen LogP contribution is -2.31. The van der Waals surface area contributed by atoms with Gasteiger partial charge in [0.2, 0.25) is 0 Å². The average Bonchev–Trinajstić information content (AvgIpc) is 2.39. The van der Waals surface area contributed by atoms with E-state index in [0.29, 0.717) is 22.5 Å². The molecule has 1 atom stereocenters.